The first-order valence-electron chi connectivity index (χ1n) is 8.48. The molecule has 0 bridgehead atoms. The summed E-state index contributed by atoms with van der Waals surface area (Å²) in [5.74, 6) is 0. The molecule has 3 aliphatic heterocycles. The third-order valence-electron chi connectivity index (χ3n) is 5.72. The molecule has 4 atom stereocenters. The Morgan fingerprint density at radius 2 is 1.14 bits per heavy atom. The topological polar surface area (TPSA) is 65.4 Å². The van der Waals surface area contributed by atoms with Gasteiger partial charge in [0.1, 0.15) is 0 Å². The lowest BCUT2D eigenvalue weighted by atomic mass is 9.88. The molecule has 0 saturated carbocycles. The van der Waals surface area contributed by atoms with Crippen molar-refractivity contribution >= 4 is 0 Å². The van der Waals surface area contributed by atoms with Gasteiger partial charge in [-0.1, -0.05) is 0 Å². The Morgan fingerprint density at radius 3 is 1.45 bits per heavy atom. The molecule has 2 N–H and O–H groups in total. The van der Waals surface area contributed by atoms with E-state index in [-0.39, 0.29) is 12.1 Å². The third-order valence-corrected chi connectivity index (χ3v) is 5.72. The summed E-state index contributed by atoms with van der Waals surface area (Å²) in [6.45, 7) is 9.95. The van der Waals surface area contributed by atoms with Crippen molar-refractivity contribution in [1.29, 1.82) is 0 Å². The Balaban J connectivity index is 1.58. The van der Waals surface area contributed by atoms with Crippen LogP contribution in [-0.2, 0) is 9.47 Å². The molecule has 6 heteroatoms. The minimum atomic E-state index is -0.667. The second kappa shape index (κ2) is 6.34. The largest absolute Gasteiger partial charge is 0.388 e. The van der Waals surface area contributed by atoms with Gasteiger partial charge in [-0.25, -0.2) is 0 Å². The molecule has 0 aromatic carbocycles. The summed E-state index contributed by atoms with van der Waals surface area (Å²) in [7, 11) is 0. The van der Waals surface area contributed by atoms with Gasteiger partial charge in [0.25, 0.3) is 0 Å². The Kier molecular flexibility index (Phi) is 4.79. The molecule has 3 aliphatic rings. The van der Waals surface area contributed by atoms with E-state index in [9.17, 15) is 10.2 Å². The number of piperazine rings is 1. The molecule has 22 heavy (non-hydrogen) atoms. The van der Waals surface area contributed by atoms with E-state index in [2.05, 4.69) is 9.80 Å². The van der Waals surface area contributed by atoms with Gasteiger partial charge >= 0.3 is 0 Å². The van der Waals surface area contributed by atoms with Crippen molar-refractivity contribution in [2.75, 3.05) is 52.6 Å². The fourth-order valence-electron chi connectivity index (χ4n) is 4.00. The lowest BCUT2D eigenvalue weighted by Gasteiger charge is -2.50. The minimum Gasteiger partial charge on any atom is -0.388 e. The molecule has 3 rings (SSSR count). The average Bonchev–Trinajstić information content (AvgIpc) is 2.47. The van der Waals surface area contributed by atoms with E-state index in [0.29, 0.717) is 39.3 Å². The number of nitrogens with zero attached hydrogens (tertiary/aromatic N) is 2. The highest BCUT2D eigenvalue weighted by atomic mass is 16.5. The number of hydrogen-bond donors (Lipinski definition) is 2. The van der Waals surface area contributed by atoms with Gasteiger partial charge in [-0.3, -0.25) is 9.80 Å². The van der Waals surface area contributed by atoms with Crippen LogP contribution in [0.15, 0.2) is 0 Å². The molecule has 6 nitrogen and oxygen atoms in total. The molecule has 3 saturated heterocycles. The van der Waals surface area contributed by atoms with Crippen molar-refractivity contribution < 1.29 is 19.7 Å². The van der Waals surface area contributed by atoms with E-state index in [0.717, 1.165) is 26.2 Å². The quantitative estimate of drug-likeness (QED) is 0.729. The molecule has 0 aromatic rings. The van der Waals surface area contributed by atoms with Gasteiger partial charge in [-0.05, 0) is 13.8 Å². The van der Waals surface area contributed by atoms with Crippen LogP contribution in [0.1, 0.15) is 26.7 Å². The Hall–Kier alpha value is -0.240. The lowest BCUT2D eigenvalue weighted by Crippen LogP contribution is -2.65. The van der Waals surface area contributed by atoms with Crippen molar-refractivity contribution in [2.24, 2.45) is 0 Å². The first-order chi connectivity index (χ1) is 10.4. The van der Waals surface area contributed by atoms with Gasteiger partial charge in [0.2, 0.25) is 0 Å². The summed E-state index contributed by atoms with van der Waals surface area (Å²) < 4.78 is 11.1. The zero-order valence-electron chi connectivity index (χ0n) is 13.8. The smallest absolute Gasteiger partial charge is 0.0818 e. The van der Waals surface area contributed by atoms with Crippen molar-refractivity contribution in [1.82, 2.24) is 9.80 Å². The highest BCUT2D eigenvalue weighted by Crippen LogP contribution is 2.29. The first-order valence-corrected chi connectivity index (χ1v) is 8.48. The Morgan fingerprint density at radius 1 is 0.773 bits per heavy atom. The molecule has 3 heterocycles. The van der Waals surface area contributed by atoms with Crippen molar-refractivity contribution in [2.45, 2.75) is 50.0 Å². The van der Waals surface area contributed by atoms with Crippen molar-refractivity contribution in [3.63, 3.8) is 0 Å². The number of aliphatic hydroxyl groups is 2. The second-order valence-electron chi connectivity index (χ2n) is 7.47. The van der Waals surface area contributed by atoms with Gasteiger partial charge in [-0.15, -0.1) is 0 Å². The van der Waals surface area contributed by atoms with Crippen molar-refractivity contribution in [3.8, 4) is 0 Å². The van der Waals surface area contributed by atoms with E-state index in [1.807, 2.05) is 13.8 Å². The number of hydrogen-bond acceptors (Lipinski definition) is 6. The van der Waals surface area contributed by atoms with Crippen LogP contribution < -0.4 is 0 Å². The fourth-order valence-corrected chi connectivity index (χ4v) is 4.00. The number of ether oxygens (including phenoxy) is 2. The van der Waals surface area contributed by atoms with Crippen LogP contribution in [-0.4, -0.2) is 95.9 Å². The molecule has 128 valence electrons. The molecule has 4 unspecified atom stereocenters. The van der Waals surface area contributed by atoms with Crippen LogP contribution in [0.4, 0.5) is 0 Å². The number of rotatable bonds is 2. The average molecular weight is 314 g/mol. The maximum Gasteiger partial charge on any atom is 0.0818 e. The molecule has 3 fully saturated rings. The second-order valence-corrected chi connectivity index (χ2v) is 7.47. The van der Waals surface area contributed by atoms with E-state index in [1.54, 1.807) is 0 Å². The monoisotopic (exact) mass is 314 g/mol. The highest BCUT2D eigenvalue weighted by molar-refractivity contribution is 4.97. The van der Waals surface area contributed by atoms with Gasteiger partial charge in [0.05, 0.1) is 36.5 Å². The SMILES string of the molecule is CC1(O)CCOCC1N1CCN(C2COCCC2(C)O)CC1. The summed E-state index contributed by atoms with van der Waals surface area (Å²) in [6, 6.07) is 0.151. The van der Waals surface area contributed by atoms with Gasteiger partial charge in [0, 0.05) is 52.2 Å². The van der Waals surface area contributed by atoms with E-state index < -0.39 is 11.2 Å². The van der Waals surface area contributed by atoms with Crippen LogP contribution in [0, 0.1) is 0 Å². The zero-order valence-corrected chi connectivity index (χ0v) is 13.8. The predicted molar refractivity (Wildman–Crippen MR) is 82.8 cm³/mol. The van der Waals surface area contributed by atoms with Crippen LogP contribution in [0.25, 0.3) is 0 Å². The van der Waals surface area contributed by atoms with Crippen LogP contribution >= 0.6 is 0 Å². The molecular formula is C16H30N2O4. The van der Waals surface area contributed by atoms with E-state index >= 15 is 0 Å². The molecule has 0 radical (unpaired) electrons. The Labute approximate surface area is 133 Å². The summed E-state index contributed by atoms with van der Waals surface area (Å²) in [5, 5.41) is 21.2. The first kappa shape index (κ1) is 16.6. The van der Waals surface area contributed by atoms with Gasteiger partial charge in [0.15, 0.2) is 0 Å². The molecule has 0 aromatic heterocycles. The highest BCUT2D eigenvalue weighted by Gasteiger charge is 2.43. The summed E-state index contributed by atoms with van der Waals surface area (Å²) >= 11 is 0. The maximum absolute atomic E-state index is 10.6. The normalized spacial score (nSPS) is 45.8. The van der Waals surface area contributed by atoms with Crippen LogP contribution in [0.5, 0.6) is 0 Å². The van der Waals surface area contributed by atoms with Gasteiger partial charge < -0.3 is 19.7 Å². The standard InChI is InChI=1S/C16H30N2O4/c1-15(19)3-9-21-11-13(15)17-5-7-18(8-6-17)14-12-22-10-4-16(14,2)20/h13-14,19-20H,3-12H2,1-2H3. The van der Waals surface area contributed by atoms with Crippen LogP contribution in [0.2, 0.25) is 0 Å². The van der Waals surface area contributed by atoms with E-state index in [1.165, 1.54) is 0 Å². The van der Waals surface area contributed by atoms with Gasteiger partial charge in [-0.2, -0.15) is 0 Å². The molecule has 0 amide bonds. The fraction of sp³-hybridized carbons (Fsp3) is 1.00. The molecule has 0 aliphatic carbocycles. The summed E-state index contributed by atoms with van der Waals surface area (Å²) in [4.78, 5) is 4.68. The molecule has 0 spiro atoms. The van der Waals surface area contributed by atoms with Crippen LogP contribution in [0.3, 0.4) is 0 Å². The maximum atomic E-state index is 10.6. The van der Waals surface area contributed by atoms with Crippen molar-refractivity contribution in [3.05, 3.63) is 0 Å². The van der Waals surface area contributed by atoms with E-state index in [4.69, 9.17) is 9.47 Å². The third kappa shape index (κ3) is 3.32. The predicted octanol–water partition coefficient (Wildman–Crippen LogP) is -0.316. The minimum absolute atomic E-state index is 0.0755. The lowest BCUT2D eigenvalue weighted by molar-refractivity contribution is -0.147. The summed E-state index contributed by atoms with van der Waals surface area (Å²) in [5.41, 5.74) is -1.33. The zero-order chi connectivity index (χ0) is 15.8. The molecular weight excluding hydrogens is 284 g/mol. The Bertz CT molecular complexity index is 344. The summed E-state index contributed by atoms with van der Waals surface area (Å²) in [6.07, 6.45) is 1.39.